The first kappa shape index (κ1) is 21.5. The second kappa shape index (κ2) is 9.25. The first-order valence-electron chi connectivity index (χ1n) is 10.7. The zero-order valence-corrected chi connectivity index (χ0v) is 19.5. The molecular weight excluding hydrogens is 454 g/mol. The van der Waals surface area contributed by atoms with Crippen LogP contribution in [0.3, 0.4) is 0 Å². The Morgan fingerprint density at radius 1 is 1.03 bits per heavy atom. The first-order chi connectivity index (χ1) is 16.1. The van der Waals surface area contributed by atoms with Crippen molar-refractivity contribution in [2.45, 2.75) is 19.0 Å². The van der Waals surface area contributed by atoms with E-state index < -0.39 is 0 Å². The number of benzene rings is 2. The van der Waals surface area contributed by atoms with Gasteiger partial charge in [-0.3, -0.25) is 4.98 Å². The average molecular weight is 476 g/mol. The van der Waals surface area contributed by atoms with Crippen molar-refractivity contribution in [3.05, 3.63) is 102 Å². The SMILES string of the molecule is CCOc1ccc(-c2ccc([C@@H]3[C@@H](c4ccccn4)NC(=S)N3c3ccc(Cl)cc3)o2)cc1. The second-order valence-corrected chi connectivity index (χ2v) is 8.46. The molecule has 2 atom stereocenters. The molecule has 2 aromatic heterocycles. The van der Waals surface area contributed by atoms with Crippen molar-refractivity contribution in [2.24, 2.45) is 0 Å². The van der Waals surface area contributed by atoms with Gasteiger partial charge < -0.3 is 19.4 Å². The third kappa shape index (κ3) is 4.32. The lowest BCUT2D eigenvalue weighted by Crippen LogP contribution is -2.29. The van der Waals surface area contributed by atoms with Crippen LogP contribution in [-0.2, 0) is 0 Å². The molecule has 1 fully saturated rings. The van der Waals surface area contributed by atoms with E-state index in [9.17, 15) is 0 Å². The largest absolute Gasteiger partial charge is 0.494 e. The van der Waals surface area contributed by atoms with Gasteiger partial charge in [-0.25, -0.2) is 0 Å². The minimum atomic E-state index is -0.218. The fourth-order valence-electron chi connectivity index (χ4n) is 4.07. The molecule has 166 valence electrons. The Hall–Kier alpha value is -3.35. The Bertz CT molecular complexity index is 1240. The zero-order valence-electron chi connectivity index (χ0n) is 17.9. The van der Waals surface area contributed by atoms with E-state index in [1.54, 1.807) is 6.20 Å². The van der Waals surface area contributed by atoms with E-state index in [0.29, 0.717) is 16.7 Å². The van der Waals surface area contributed by atoms with E-state index in [1.165, 1.54) is 0 Å². The monoisotopic (exact) mass is 475 g/mol. The van der Waals surface area contributed by atoms with Gasteiger partial charge in [0.2, 0.25) is 0 Å². The Labute approximate surface area is 203 Å². The highest BCUT2D eigenvalue weighted by atomic mass is 35.5. The van der Waals surface area contributed by atoms with Crippen molar-refractivity contribution in [3.63, 3.8) is 0 Å². The molecule has 1 saturated heterocycles. The molecule has 0 spiro atoms. The molecule has 5 nitrogen and oxygen atoms in total. The molecule has 5 rings (SSSR count). The third-order valence-electron chi connectivity index (χ3n) is 5.57. The van der Waals surface area contributed by atoms with Crippen molar-refractivity contribution in [1.29, 1.82) is 0 Å². The number of aromatic nitrogens is 1. The van der Waals surface area contributed by atoms with Crippen LogP contribution in [0, 0.1) is 0 Å². The van der Waals surface area contributed by atoms with Gasteiger partial charge >= 0.3 is 0 Å². The highest BCUT2D eigenvalue weighted by molar-refractivity contribution is 7.80. The van der Waals surface area contributed by atoms with Crippen molar-refractivity contribution in [1.82, 2.24) is 10.3 Å². The number of anilines is 1. The summed E-state index contributed by atoms with van der Waals surface area (Å²) in [7, 11) is 0. The number of halogens is 1. The smallest absolute Gasteiger partial charge is 0.174 e. The predicted molar refractivity (Wildman–Crippen MR) is 135 cm³/mol. The van der Waals surface area contributed by atoms with E-state index >= 15 is 0 Å². The van der Waals surface area contributed by atoms with E-state index in [4.69, 9.17) is 33.0 Å². The van der Waals surface area contributed by atoms with Gasteiger partial charge in [0.05, 0.1) is 18.3 Å². The highest BCUT2D eigenvalue weighted by Gasteiger charge is 2.42. The zero-order chi connectivity index (χ0) is 22.8. The van der Waals surface area contributed by atoms with Gasteiger partial charge in [-0.15, -0.1) is 0 Å². The molecule has 0 radical (unpaired) electrons. The van der Waals surface area contributed by atoms with Crippen LogP contribution in [0.2, 0.25) is 5.02 Å². The van der Waals surface area contributed by atoms with Crippen molar-refractivity contribution in [3.8, 4) is 17.1 Å². The molecule has 0 saturated carbocycles. The molecule has 4 aromatic rings. The molecule has 33 heavy (non-hydrogen) atoms. The molecule has 0 aliphatic carbocycles. The predicted octanol–water partition coefficient (Wildman–Crippen LogP) is 6.57. The van der Waals surface area contributed by atoms with Crippen molar-refractivity contribution in [2.75, 3.05) is 11.5 Å². The molecule has 0 amide bonds. The summed E-state index contributed by atoms with van der Waals surface area (Å²) in [5.74, 6) is 2.40. The normalized spacial score (nSPS) is 17.8. The van der Waals surface area contributed by atoms with Crippen LogP contribution in [0.1, 0.15) is 30.5 Å². The highest BCUT2D eigenvalue weighted by Crippen LogP contribution is 2.43. The number of rotatable bonds is 6. The summed E-state index contributed by atoms with van der Waals surface area (Å²) in [6.45, 7) is 2.60. The number of nitrogens with one attached hydrogen (secondary N) is 1. The topological polar surface area (TPSA) is 50.5 Å². The lowest BCUT2D eigenvalue weighted by Gasteiger charge is -2.26. The van der Waals surface area contributed by atoms with Crippen LogP contribution in [0.15, 0.2) is 89.5 Å². The Kier molecular flexibility index (Phi) is 6.03. The van der Waals surface area contributed by atoms with E-state index in [2.05, 4.69) is 15.2 Å². The summed E-state index contributed by atoms with van der Waals surface area (Å²) in [6, 6.07) is 25.0. The van der Waals surface area contributed by atoms with Gasteiger partial charge in [-0.1, -0.05) is 17.7 Å². The molecular formula is C26H22ClN3O2S. The molecule has 2 aromatic carbocycles. The fourth-order valence-corrected chi connectivity index (χ4v) is 4.54. The number of nitrogens with zero attached hydrogens (tertiary/aromatic N) is 2. The number of ether oxygens (including phenoxy) is 1. The lowest BCUT2D eigenvalue weighted by atomic mass is 10.0. The van der Waals surface area contributed by atoms with Gasteiger partial charge in [0.1, 0.15) is 23.3 Å². The van der Waals surface area contributed by atoms with Crippen LogP contribution in [0.4, 0.5) is 5.69 Å². The summed E-state index contributed by atoms with van der Waals surface area (Å²) in [5, 5.41) is 4.72. The van der Waals surface area contributed by atoms with Crippen molar-refractivity contribution >= 4 is 34.6 Å². The fraction of sp³-hybridized carbons (Fsp3) is 0.154. The molecule has 1 aliphatic rings. The molecule has 0 unspecified atom stereocenters. The summed E-state index contributed by atoms with van der Waals surface area (Å²) in [6.07, 6.45) is 1.79. The van der Waals surface area contributed by atoms with Crippen LogP contribution in [0.25, 0.3) is 11.3 Å². The minimum absolute atomic E-state index is 0.172. The Balaban J connectivity index is 1.54. The maximum atomic E-state index is 6.39. The molecule has 7 heteroatoms. The maximum Gasteiger partial charge on any atom is 0.174 e. The van der Waals surface area contributed by atoms with Crippen LogP contribution in [-0.4, -0.2) is 16.7 Å². The van der Waals surface area contributed by atoms with Crippen LogP contribution >= 0.6 is 23.8 Å². The van der Waals surface area contributed by atoms with Gasteiger partial charge in [0.25, 0.3) is 0 Å². The van der Waals surface area contributed by atoms with Crippen LogP contribution < -0.4 is 15.0 Å². The molecule has 0 bridgehead atoms. The number of thiocarbonyl (C=S) groups is 1. The average Bonchev–Trinajstić information content (AvgIpc) is 3.46. The minimum Gasteiger partial charge on any atom is -0.494 e. The molecule has 3 heterocycles. The number of pyridine rings is 1. The third-order valence-corrected chi connectivity index (χ3v) is 6.14. The van der Waals surface area contributed by atoms with Gasteiger partial charge in [0, 0.05) is 22.5 Å². The van der Waals surface area contributed by atoms with Gasteiger partial charge in [0.15, 0.2) is 5.11 Å². The maximum absolute atomic E-state index is 6.39. The standard InChI is InChI=1S/C26H22ClN3O2S/c1-2-31-20-12-6-17(7-13-20)22-14-15-23(32-22)25-24(21-5-3-4-16-28-21)29-26(33)30(25)19-10-8-18(27)9-11-19/h3-16,24-25H,2H2,1H3,(H,29,33)/t24-,25-/m1/s1. The summed E-state index contributed by atoms with van der Waals surface area (Å²) in [4.78, 5) is 6.64. The van der Waals surface area contributed by atoms with E-state index in [0.717, 1.165) is 34.2 Å². The summed E-state index contributed by atoms with van der Waals surface area (Å²) in [5.41, 5.74) is 2.80. The number of hydrogen-bond donors (Lipinski definition) is 1. The number of hydrogen-bond acceptors (Lipinski definition) is 4. The lowest BCUT2D eigenvalue weighted by molar-refractivity contribution is 0.340. The van der Waals surface area contributed by atoms with Crippen LogP contribution in [0.5, 0.6) is 5.75 Å². The molecule has 1 aliphatic heterocycles. The Morgan fingerprint density at radius 2 is 1.82 bits per heavy atom. The van der Waals surface area contributed by atoms with Crippen molar-refractivity contribution < 1.29 is 9.15 Å². The van der Waals surface area contributed by atoms with E-state index in [-0.39, 0.29) is 12.1 Å². The summed E-state index contributed by atoms with van der Waals surface area (Å²) < 4.78 is 11.9. The Morgan fingerprint density at radius 3 is 2.52 bits per heavy atom. The van der Waals surface area contributed by atoms with Gasteiger partial charge in [-0.05, 0) is 91.9 Å². The summed E-state index contributed by atoms with van der Waals surface area (Å²) >= 11 is 11.9. The quantitative estimate of drug-likeness (QED) is 0.318. The molecule has 1 N–H and O–H groups in total. The first-order valence-corrected chi connectivity index (χ1v) is 11.5. The number of furan rings is 1. The van der Waals surface area contributed by atoms with E-state index in [1.807, 2.05) is 85.8 Å². The van der Waals surface area contributed by atoms with Gasteiger partial charge in [-0.2, -0.15) is 0 Å². The second-order valence-electron chi connectivity index (χ2n) is 7.63.